The van der Waals surface area contributed by atoms with Crippen LogP contribution in [0.2, 0.25) is 0 Å². The van der Waals surface area contributed by atoms with E-state index in [2.05, 4.69) is 47.4 Å². The maximum Gasteiger partial charge on any atom is 0.141 e. The molecule has 0 radical (unpaired) electrons. The Morgan fingerprint density at radius 3 is 2.70 bits per heavy atom. The molecule has 0 aliphatic carbocycles. The van der Waals surface area contributed by atoms with E-state index in [1.54, 1.807) is 12.3 Å². The van der Waals surface area contributed by atoms with Crippen molar-refractivity contribution in [3.63, 3.8) is 0 Å². The quantitative estimate of drug-likeness (QED) is 0.655. The van der Waals surface area contributed by atoms with Gasteiger partial charge in [-0.1, -0.05) is 19.9 Å². The summed E-state index contributed by atoms with van der Waals surface area (Å²) in [5, 5.41) is 1.41. The molecule has 4 rings (SSSR count). The van der Waals surface area contributed by atoms with Gasteiger partial charge in [0.25, 0.3) is 0 Å². The Kier molecular flexibility index (Phi) is 5.00. The molecule has 0 unspecified atom stereocenters. The zero-order valence-corrected chi connectivity index (χ0v) is 16.6. The average molecular weight is 365 g/mol. The van der Waals surface area contributed by atoms with E-state index in [9.17, 15) is 4.39 Å². The van der Waals surface area contributed by atoms with Gasteiger partial charge in [-0.25, -0.2) is 4.39 Å². The van der Waals surface area contributed by atoms with Crippen LogP contribution in [0.4, 0.5) is 4.39 Å². The summed E-state index contributed by atoms with van der Waals surface area (Å²) < 4.78 is 16.0. The molecular formula is C23H28FN3. The molecule has 27 heavy (non-hydrogen) atoms. The molecule has 0 bridgehead atoms. The Morgan fingerprint density at radius 2 is 1.96 bits per heavy atom. The Labute approximate surface area is 160 Å². The largest absolute Gasteiger partial charge is 0.344 e. The first-order valence-electron chi connectivity index (χ1n) is 10.1. The normalized spacial score (nSPS) is 14.7. The van der Waals surface area contributed by atoms with E-state index in [-0.39, 0.29) is 5.82 Å². The van der Waals surface area contributed by atoms with E-state index in [1.165, 1.54) is 39.5 Å². The van der Waals surface area contributed by atoms with Gasteiger partial charge in [0.05, 0.1) is 11.7 Å². The molecule has 3 heterocycles. The van der Waals surface area contributed by atoms with Crippen LogP contribution in [0.3, 0.4) is 0 Å². The number of benzene rings is 1. The first-order chi connectivity index (χ1) is 13.1. The lowest BCUT2D eigenvalue weighted by molar-refractivity contribution is 0.265. The van der Waals surface area contributed by atoms with Crippen LogP contribution in [0.25, 0.3) is 10.9 Å². The summed E-state index contributed by atoms with van der Waals surface area (Å²) in [5.41, 5.74) is 8.03. The van der Waals surface area contributed by atoms with Crippen molar-refractivity contribution in [3.05, 3.63) is 64.4 Å². The third-order valence-electron chi connectivity index (χ3n) is 5.92. The number of halogens is 1. The van der Waals surface area contributed by atoms with Crippen molar-refractivity contribution in [1.29, 1.82) is 0 Å². The van der Waals surface area contributed by atoms with Crippen LogP contribution in [0, 0.1) is 12.7 Å². The van der Waals surface area contributed by atoms with Crippen LogP contribution in [-0.2, 0) is 32.4 Å². The Hall–Kier alpha value is -2.20. The first-order valence-corrected chi connectivity index (χ1v) is 10.1. The average Bonchev–Trinajstić information content (AvgIpc) is 2.99. The number of hydrogen-bond donors (Lipinski definition) is 0. The van der Waals surface area contributed by atoms with E-state index in [0.717, 1.165) is 51.0 Å². The minimum Gasteiger partial charge on any atom is -0.344 e. The number of pyridine rings is 1. The molecule has 1 aliphatic rings. The summed E-state index contributed by atoms with van der Waals surface area (Å²) >= 11 is 0. The Morgan fingerprint density at radius 1 is 1.11 bits per heavy atom. The van der Waals surface area contributed by atoms with Gasteiger partial charge in [-0.05, 0) is 60.7 Å². The van der Waals surface area contributed by atoms with Crippen LogP contribution in [-0.4, -0.2) is 27.5 Å². The van der Waals surface area contributed by atoms with Crippen LogP contribution < -0.4 is 0 Å². The van der Waals surface area contributed by atoms with E-state index < -0.39 is 0 Å². The number of likely N-dealkylation sites (N-methyl/N-ethyl adjacent to an activating group) is 1. The van der Waals surface area contributed by atoms with Gasteiger partial charge >= 0.3 is 0 Å². The lowest BCUT2D eigenvalue weighted by Gasteiger charge is -2.27. The highest BCUT2D eigenvalue weighted by Gasteiger charge is 2.24. The van der Waals surface area contributed by atoms with E-state index >= 15 is 0 Å². The van der Waals surface area contributed by atoms with Crippen molar-refractivity contribution in [2.45, 2.75) is 53.1 Å². The van der Waals surface area contributed by atoms with Gasteiger partial charge in [-0.3, -0.25) is 9.88 Å². The van der Waals surface area contributed by atoms with Crippen molar-refractivity contribution in [3.8, 4) is 0 Å². The molecule has 0 saturated carbocycles. The molecule has 1 aromatic carbocycles. The fraction of sp³-hybridized carbons (Fsp3) is 0.435. The fourth-order valence-corrected chi connectivity index (χ4v) is 4.48. The third kappa shape index (κ3) is 3.39. The topological polar surface area (TPSA) is 21.1 Å². The number of hydrogen-bond acceptors (Lipinski definition) is 2. The van der Waals surface area contributed by atoms with Crippen molar-refractivity contribution >= 4 is 10.9 Å². The van der Waals surface area contributed by atoms with E-state index in [4.69, 9.17) is 0 Å². The minimum absolute atomic E-state index is 0.255. The lowest BCUT2D eigenvalue weighted by Crippen LogP contribution is -2.30. The zero-order valence-electron chi connectivity index (χ0n) is 16.6. The predicted molar refractivity (Wildman–Crippen MR) is 109 cm³/mol. The maximum atomic E-state index is 13.5. The maximum absolute atomic E-state index is 13.5. The molecule has 0 fully saturated rings. The van der Waals surface area contributed by atoms with Gasteiger partial charge in [-0.2, -0.15) is 0 Å². The number of aromatic nitrogens is 2. The summed E-state index contributed by atoms with van der Waals surface area (Å²) in [6.07, 6.45) is 5.99. The van der Waals surface area contributed by atoms with Crippen molar-refractivity contribution in [2.75, 3.05) is 13.1 Å². The molecule has 4 heteroatoms. The number of nitrogens with zero attached hydrogens (tertiary/aromatic N) is 3. The zero-order chi connectivity index (χ0) is 19.0. The highest BCUT2D eigenvalue weighted by molar-refractivity contribution is 5.89. The fourth-order valence-electron chi connectivity index (χ4n) is 4.48. The van der Waals surface area contributed by atoms with Crippen LogP contribution in [0.15, 0.2) is 30.6 Å². The molecule has 0 spiro atoms. The molecule has 0 N–H and O–H groups in total. The second-order valence-electron chi connectivity index (χ2n) is 7.62. The van der Waals surface area contributed by atoms with E-state index in [0.29, 0.717) is 0 Å². The third-order valence-corrected chi connectivity index (χ3v) is 5.92. The van der Waals surface area contributed by atoms with Crippen LogP contribution >= 0.6 is 0 Å². The van der Waals surface area contributed by atoms with Crippen molar-refractivity contribution in [1.82, 2.24) is 14.5 Å². The molecule has 0 amide bonds. The van der Waals surface area contributed by atoms with Crippen molar-refractivity contribution in [2.24, 2.45) is 0 Å². The molecule has 2 aromatic heterocycles. The molecule has 3 aromatic rings. The number of fused-ring (bicyclic) bond motifs is 3. The Bertz CT molecular complexity index is 973. The molecular weight excluding hydrogens is 337 g/mol. The number of aryl methyl sites for hydroxylation is 4. The van der Waals surface area contributed by atoms with E-state index in [1.807, 2.05) is 0 Å². The van der Waals surface area contributed by atoms with Gasteiger partial charge in [0.2, 0.25) is 0 Å². The summed E-state index contributed by atoms with van der Waals surface area (Å²) in [7, 11) is 0. The molecule has 0 saturated heterocycles. The summed E-state index contributed by atoms with van der Waals surface area (Å²) in [4.78, 5) is 6.53. The molecule has 0 atom stereocenters. The van der Waals surface area contributed by atoms with Gasteiger partial charge in [0.1, 0.15) is 5.82 Å². The highest BCUT2D eigenvalue weighted by Crippen LogP contribution is 2.34. The minimum atomic E-state index is -0.255. The van der Waals surface area contributed by atoms with Gasteiger partial charge in [0.15, 0.2) is 0 Å². The molecule has 3 nitrogen and oxygen atoms in total. The second-order valence-corrected chi connectivity index (χ2v) is 7.62. The Balaban J connectivity index is 1.79. The predicted octanol–water partition coefficient (Wildman–Crippen LogP) is 4.67. The number of rotatable bonds is 5. The SMILES string of the molecule is CCc1cc(C)c2c(c1)c1c(n2CCc2cncc(F)c2)CCN(CC)C1. The summed E-state index contributed by atoms with van der Waals surface area (Å²) in [6.45, 7) is 10.8. The molecule has 142 valence electrons. The van der Waals surface area contributed by atoms with Crippen LogP contribution in [0.1, 0.15) is 41.8 Å². The van der Waals surface area contributed by atoms with Crippen LogP contribution in [0.5, 0.6) is 0 Å². The smallest absolute Gasteiger partial charge is 0.141 e. The summed E-state index contributed by atoms with van der Waals surface area (Å²) in [6, 6.07) is 6.32. The summed E-state index contributed by atoms with van der Waals surface area (Å²) in [5.74, 6) is -0.255. The highest BCUT2D eigenvalue weighted by atomic mass is 19.1. The van der Waals surface area contributed by atoms with Crippen molar-refractivity contribution < 1.29 is 4.39 Å². The molecule has 1 aliphatic heterocycles. The van der Waals surface area contributed by atoms with Gasteiger partial charge in [0, 0.05) is 43.3 Å². The standard InChI is InChI=1S/C23H28FN3/c1-4-17-10-16(3)23-20(12-17)21-15-26(5-2)8-7-22(21)27(23)9-6-18-11-19(24)14-25-13-18/h10-14H,4-9,15H2,1-3H3. The van der Waals surface area contributed by atoms with Gasteiger partial charge < -0.3 is 4.57 Å². The first kappa shape index (κ1) is 18.2. The monoisotopic (exact) mass is 365 g/mol. The second kappa shape index (κ2) is 7.43. The van der Waals surface area contributed by atoms with Gasteiger partial charge in [-0.15, -0.1) is 0 Å². The lowest BCUT2D eigenvalue weighted by atomic mass is 10.0.